The number of ether oxygens (including phenoxy) is 1. The third-order valence-electron chi connectivity index (χ3n) is 3.73. The Bertz CT molecular complexity index is 408. The van der Waals surface area contributed by atoms with Crippen molar-refractivity contribution in [2.45, 2.75) is 31.7 Å². The van der Waals surface area contributed by atoms with Crippen LogP contribution in [0.4, 0.5) is 0 Å². The number of benzene rings is 1. The largest absolute Gasteiger partial charge is 0.492 e. The molecule has 0 aliphatic carbocycles. The van der Waals surface area contributed by atoms with Crippen LogP contribution >= 0.6 is 12.4 Å². The summed E-state index contributed by atoms with van der Waals surface area (Å²) in [6.07, 6.45) is 4.01. The van der Waals surface area contributed by atoms with Crippen molar-refractivity contribution in [3.8, 4) is 5.75 Å². The Morgan fingerprint density at radius 2 is 2.14 bits per heavy atom. The van der Waals surface area contributed by atoms with Crippen molar-refractivity contribution in [2.24, 2.45) is 0 Å². The molecule has 0 saturated carbocycles. The van der Waals surface area contributed by atoms with E-state index in [-0.39, 0.29) is 18.3 Å². The SMILES string of the molecule is CN(CCOc1ccccc1)C(=O)CCC1CCCN1.Cl. The van der Waals surface area contributed by atoms with Crippen molar-refractivity contribution in [3.05, 3.63) is 30.3 Å². The fraction of sp³-hybridized carbons (Fsp3) is 0.562. The van der Waals surface area contributed by atoms with Crippen molar-refractivity contribution in [2.75, 3.05) is 26.7 Å². The summed E-state index contributed by atoms with van der Waals surface area (Å²) < 4.78 is 5.60. The van der Waals surface area contributed by atoms with Gasteiger partial charge in [0.1, 0.15) is 12.4 Å². The third kappa shape index (κ3) is 6.36. The highest BCUT2D eigenvalue weighted by Crippen LogP contribution is 2.12. The molecule has 1 aliphatic heterocycles. The summed E-state index contributed by atoms with van der Waals surface area (Å²) in [5.74, 6) is 1.05. The van der Waals surface area contributed by atoms with Crippen LogP contribution in [-0.4, -0.2) is 43.6 Å². The first-order valence-electron chi connectivity index (χ1n) is 7.41. The van der Waals surface area contributed by atoms with Gasteiger partial charge < -0.3 is 15.0 Å². The lowest BCUT2D eigenvalue weighted by molar-refractivity contribution is -0.130. The van der Waals surface area contributed by atoms with Gasteiger partial charge in [0.25, 0.3) is 0 Å². The Hall–Kier alpha value is -1.26. The molecule has 1 aromatic rings. The fourth-order valence-electron chi connectivity index (χ4n) is 2.43. The lowest BCUT2D eigenvalue weighted by atomic mass is 10.1. The zero-order valence-corrected chi connectivity index (χ0v) is 13.4. The zero-order valence-electron chi connectivity index (χ0n) is 12.6. The Kier molecular flexibility index (Phi) is 8.16. The van der Waals surface area contributed by atoms with E-state index in [4.69, 9.17) is 4.74 Å². The molecular formula is C16H25ClN2O2. The second-order valence-corrected chi connectivity index (χ2v) is 5.31. The van der Waals surface area contributed by atoms with Crippen LogP contribution in [0.2, 0.25) is 0 Å². The number of nitrogens with one attached hydrogen (secondary N) is 1. The van der Waals surface area contributed by atoms with Gasteiger partial charge in [0.05, 0.1) is 6.54 Å². The van der Waals surface area contributed by atoms with Crippen molar-refractivity contribution >= 4 is 18.3 Å². The van der Waals surface area contributed by atoms with Crippen molar-refractivity contribution in [1.29, 1.82) is 0 Å². The van der Waals surface area contributed by atoms with Gasteiger partial charge in [0.15, 0.2) is 0 Å². The molecular weight excluding hydrogens is 288 g/mol. The quantitative estimate of drug-likeness (QED) is 0.841. The first-order valence-corrected chi connectivity index (χ1v) is 7.41. The van der Waals surface area contributed by atoms with Gasteiger partial charge in [-0.15, -0.1) is 12.4 Å². The molecule has 1 aliphatic rings. The van der Waals surface area contributed by atoms with Crippen LogP contribution in [0, 0.1) is 0 Å². The molecule has 1 amide bonds. The number of para-hydroxylation sites is 1. The molecule has 0 bridgehead atoms. The van der Waals surface area contributed by atoms with Crippen LogP contribution in [0.5, 0.6) is 5.75 Å². The molecule has 1 atom stereocenters. The molecule has 1 unspecified atom stereocenters. The van der Waals surface area contributed by atoms with Crippen LogP contribution in [-0.2, 0) is 4.79 Å². The van der Waals surface area contributed by atoms with Gasteiger partial charge in [-0.2, -0.15) is 0 Å². The van der Waals surface area contributed by atoms with Gasteiger partial charge in [-0.25, -0.2) is 0 Å². The predicted molar refractivity (Wildman–Crippen MR) is 87.1 cm³/mol. The normalized spacial score (nSPS) is 17.1. The minimum atomic E-state index is 0. The lowest BCUT2D eigenvalue weighted by Gasteiger charge is -2.18. The lowest BCUT2D eigenvalue weighted by Crippen LogP contribution is -2.32. The molecule has 1 heterocycles. The van der Waals surface area contributed by atoms with Crippen LogP contribution in [0.15, 0.2) is 30.3 Å². The molecule has 4 nitrogen and oxygen atoms in total. The van der Waals surface area contributed by atoms with Gasteiger partial charge in [-0.05, 0) is 37.9 Å². The van der Waals surface area contributed by atoms with E-state index in [0.717, 1.165) is 18.7 Å². The summed E-state index contributed by atoms with van der Waals surface area (Å²) >= 11 is 0. The molecule has 1 N–H and O–H groups in total. The van der Waals surface area contributed by atoms with Gasteiger partial charge in [-0.3, -0.25) is 4.79 Å². The summed E-state index contributed by atoms with van der Waals surface area (Å²) in [6.45, 7) is 2.26. The molecule has 118 valence electrons. The number of likely N-dealkylation sites (N-methyl/N-ethyl adjacent to an activating group) is 1. The Balaban J connectivity index is 0.00000220. The highest BCUT2D eigenvalue weighted by molar-refractivity contribution is 5.85. The molecule has 5 heteroatoms. The third-order valence-corrected chi connectivity index (χ3v) is 3.73. The van der Waals surface area contributed by atoms with Crippen LogP contribution in [0.3, 0.4) is 0 Å². The molecule has 1 saturated heterocycles. The first kappa shape index (κ1) is 17.8. The van der Waals surface area contributed by atoms with E-state index in [1.165, 1.54) is 12.8 Å². The summed E-state index contributed by atoms with van der Waals surface area (Å²) in [6, 6.07) is 10.2. The molecule has 0 spiro atoms. The minimum Gasteiger partial charge on any atom is -0.492 e. The Morgan fingerprint density at radius 1 is 1.38 bits per heavy atom. The minimum absolute atomic E-state index is 0. The summed E-state index contributed by atoms with van der Waals surface area (Å²) in [5.41, 5.74) is 0. The highest BCUT2D eigenvalue weighted by atomic mass is 35.5. The maximum absolute atomic E-state index is 12.0. The van der Waals surface area contributed by atoms with Gasteiger partial charge in [0.2, 0.25) is 5.91 Å². The van der Waals surface area contributed by atoms with E-state index < -0.39 is 0 Å². The second kappa shape index (κ2) is 9.64. The van der Waals surface area contributed by atoms with Gasteiger partial charge >= 0.3 is 0 Å². The second-order valence-electron chi connectivity index (χ2n) is 5.31. The number of amides is 1. The molecule has 0 aromatic heterocycles. The van der Waals surface area contributed by atoms with Crippen molar-refractivity contribution < 1.29 is 9.53 Å². The summed E-state index contributed by atoms with van der Waals surface area (Å²) in [5, 5.41) is 3.42. The zero-order chi connectivity index (χ0) is 14.2. The standard InChI is InChI=1S/C16H24N2O2.ClH/c1-18(12-13-20-15-7-3-2-4-8-15)16(19)10-9-14-6-5-11-17-14;/h2-4,7-8,14,17H,5-6,9-13H2,1H3;1H. The van der Waals surface area contributed by atoms with Crippen LogP contribution < -0.4 is 10.1 Å². The number of rotatable bonds is 7. The molecule has 1 fully saturated rings. The predicted octanol–water partition coefficient (Wildman–Crippen LogP) is 2.48. The molecule has 21 heavy (non-hydrogen) atoms. The maximum Gasteiger partial charge on any atom is 0.222 e. The van der Waals surface area contributed by atoms with E-state index in [1.807, 2.05) is 37.4 Å². The number of carbonyl (C=O) groups excluding carboxylic acids is 1. The highest BCUT2D eigenvalue weighted by Gasteiger charge is 2.16. The van der Waals surface area contributed by atoms with Crippen LogP contribution in [0.1, 0.15) is 25.7 Å². The van der Waals surface area contributed by atoms with Gasteiger partial charge in [0, 0.05) is 19.5 Å². The number of hydrogen-bond acceptors (Lipinski definition) is 3. The van der Waals surface area contributed by atoms with Gasteiger partial charge in [-0.1, -0.05) is 18.2 Å². The van der Waals surface area contributed by atoms with E-state index in [2.05, 4.69) is 5.32 Å². The average Bonchev–Trinajstić information content (AvgIpc) is 2.99. The topological polar surface area (TPSA) is 41.6 Å². The number of carbonyl (C=O) groups is 1. The monoisotopic (exact) mass is 312 g/mol. The number of hydrogen-bond donors (Lipinski definition) is 1. The summed E-state index contributed by atoms with van der Waals surface area (Å²) in [7, 11) is 1.85. The molecule has 1 aromatic carbocycles. The fourth-order valence-corrected chi connectivity index (χ4v) is 2.43. The number of halogens is 1. The molecule has 2 rings (SSSR count). The number of nitrogens with zero attached hydrogens (tertiary/aromatic N) is 1. The maximum atomic E-state index is 12.0. The summed E-state index contributed by atoms with van der Waals surface area (Å²) in [4.78, 5) is 13.7. The van der Waals surface area contributed by atoms with Crippen LogP contribution in [0.25, 0.3) is 0 Å². The first-order chi connectivity index (χ1) is 9.75. The van der Waals surface area contributed by atoms with Crippen molar-refractivity contribution in [1.82, 2.24) is 10.2 Å². The van der Waals surface area contributed by atoms with E-state index in [1.54, 1.807) is 4.90 Å². The smallest absolute Gasteiger partial charge is 0.222 e. The molecule has 0 radical (unpaired) electrons. The van der Waals surface area contributed by atoms with E-state index in [9.17, 15) is 4.79 Å². The van der Waals surface area contributed by atoms with E-state index >= 15 is 0 Å². The Labute approximate surface area is 133 Å². The van der Waals surface area contributed by atoms with E-state index in [0.29, 0.717) is 25.6 Å². The Morgan fingerprint density at radius 3 is 2.81 bits per heavy atom. The van der Waals surface area contributed by atoms with Crippen molar-refractivity contribution in [3.63, 3.8) is 0 Å². The average molecular weight is 313 g/mol.